The molecule has 3 nitrogen and oxygen atoms in total. The van der Waals surface area contributed by atoms with Gasteiger partial charge in [0.15, 0.2) is 0 Å². The van der Waals surface area contributed by atoms with Crippen molar-refractivity contribution < 1.29 is 14.3 Å². The molecule has 0 unspecified atom stereocenters. The minimum Gasteiger partial charge on any atom is -0.496 e. The summed E-state index contributed by atoms with van der Waals surface area (Å²) in [5.41, 5.74) is 0.709. The average molecular weight is 465 g/mol. The highest BCUT2D eigenvalue weighted by molar-refractivity contribution is 6.53. The van der Waals surface area contributed by atoms with Gasteiger partial charge in [-0.2, -0.15) is 0 Å². The molecule has 1 aliphatic carbocycles. The molecule has 4 aromatic rings. The Hall–Kier alpha value is -2.75. The van der Waals surface area contributed by atoms with Crippen LogP contribution in [0.2, 0.25) is 0 Å². The van der Waals surface area contributed by atoms with Gasteiger partial charge in [0.1, 0.15) is 21.2 Å². The number of halogens is 2. The number of benzene rings is 4. The van der Waals surface area contributed by atoms with E-state index in [9.17, 15) is 4.79 Å². The summed E-state index contributed by atoms with van der Waals surface area (Å²) in [4.78, 5) is 13.2. The molecule has 0 spiro atoms. The zero-order valence-corrected chi connectivity index (χ0v) is 19.5. The van der Waals surface area contributed by atoms with Crippen LogP contribution in [0.15, 0.2) is 72.8 Å². The monoisotopic (exact) mass is 464 g/mol. The van der Waals surface area contributed by atoms with E-state index in [4.69, 9.17) is 32.7 Å². The van der Waals surface area contributed by atoms with Crippen LogP contribution in [0.5, 0.6) is 11.5 Å². The van der Waals surface area contributed by atoms with Crippen molar-refractivity contribution in [3.05, 3.63) is 72.8 Å². The van der Waals surface area contributed by atoms with E-state index in [1.54, 1.807) is 14.0 Å². The van der Waals surface area contributed by atoms with Gasteiger partial charge in [-0.1, -0.05) is 67.6 Å². The van der Waals surface area contributed by atoms with Gasteiger partial charge < -0.3 is 9.47 Å². The average Bonchev–Trinajstić information content (AvgIpc) is 3.22. The highest BCUT2D eigenvalue weighted by atomic mass is 35.5. The van der Waals surface area contributed by atoms with Crippen LogP contribution < -0.4 is 9.47 Å². The van der Waals surface area contributed by atoms with Crippen molar-refractivity contribution in [2.45, 2.75) is 18.2 Å². The summed E-state index contributed by atoms with van der Waals surface area (Å²) >= 11 is 12.8. The van der Waals surface area contributed by atoms with Crippen molar-refractivity contribution in [1.29, 1.82) is 0 Å². The van der Waals surface area contributed by atoms with E-state index in [2.05, 4.69) is 6.07 Å². The first kappa shape index (κ1) is 21.1. The Morgan fingerprint density at radius 2 is 1.28 bits per heavy atom. The van der Waals surface area contributed by atoms with Crippen LogP contribution in [0, 0.1) is 11.3 Å². The van der Waals surface area contributed by atoms with Crippen molar-refractivity contribution in [2.24, 2.45) is 11.3 Å². The lowest BCUT2D eigenvalue weighted by Gasteiger charge is -2.19. The molecule has 0 aliphatic heterocycles. The maximum atomic E-state index is 13.2. The molecule has 1 saturated carbocycles. The summed E-state index contributed by atoms with van der Waals surface area (Å²) in [6, 6.07) is 23.9. The second-order valence-electron chi connectivity index (χ2n) is 8.46. The summed E-state index contributed by atoms with van der Waals surface area (Å²) in [5.74, 6) is 0.507. The van der Waals surface area contributed by atoms with E-state index < -0.39 is 15.7 Å². The zero-order valence-electron chi connectivity index (χ0n) is 18.0. The zero-order chi connectivity index (χ0) is 22.7. The lowest BCUT2D eigenvalue weighted by atomic mass is 9.92. The van der Waals surface area contributed by atoms with Gasteiger partial charge in [0.25, 0.3) is 0 Å². The van der Waals surface area contributed by atoms with Gasteiger partial charge >= 0.3 is 5.97 Å². The van der Waals surface area contributed by atoms with Crippen molar-refractivity contribution in [2.75, 3.05) is 7.11 Å². The number of hydrogen-bond acceptors (Lipinski definition) is 3. The van der Waals surface area contributed by atoms with Crippen LogP contribution in [-0.2, 0) is 4.79 Å². The van der Waals surface area contributed by atoms with E-state index >= 15 is 0 Å². The second kappa shape index (κ2) is 7.40. The van der Waals surface area contributed by atoms with Gasteiger partial charge in [0, 0.05) is 17.0 Å². The van der Waals surface area contributed by atoms with Crippen molar-refractivity contribution in [3.8, 4) is 22.6 Å². The fraction of sp³-hybridized carbons (Fsp3) is 0.222. The highest BCUT2D eigenvalue weighted by Crippen LogP contribution is 2.69. The molecule has 1 aliphatic rings. The first-order chi connectivity index (χ1) is 15.3. The smallest absolute Gasteiger partial charge is 0.320 e. The number of esters is 1. The third-order valence-electron chi connectivity index (χ3n) is 6.90. The molecule has 5 heteroatoms. The minimum absolute atomic E-state index is 0.207. The van der Waals surface area contributed by atoms with Gasteiger partial charge in [0.2, 0.25) is 0 Å². The Labute approximate surface area is 196 Å². The highest BCUT2D eigenvalue weighted by Gasteiger charge is 2.76. The maximum absolute atomic E-state index is 13.2. The van der Waals surface area contributed by atoms with Gasteiger partial charge in [-0.25, -0.2) is 0 Å². The predicted molar refractivity (Wildman–Crippen MR) is 131 cm³/mol. The van der Waals surface area contributed by atoms with E-state index in [0.29, 0.717) is 11.5 Å². The number of carbonyl (C=O) groups is 1. The van der Waals surface area contributed by atoms with Crippen molar-refractivity contribution >= 4 is 50.7 Å². The van der Waals surface area contributed by atoms with E-state index in [0.717, 1.165) is 32.7 Å². The molecule has 32 heavy (non-hydrogen) atoms. The van der Waals surface area contributed by atoms with Gasteiger partial charge in [-0.05, 0) is 40.6 Å². The number of hydrogen-bond donors (Lipinski definition) is 0. The van der Waals surface area contributed by atoms with Gasteiger partial charge in [0.05, 0.1) is 7.11 Å². The Bertz CT molecular complexity index is 1380. The van der Waals surface area contributed by atoms with Crippen LogP contribution in [0.3, 0.4) is 0 Å². The van der Waals surface area contributed by atoms with E-state index in [1.165, 1.54) is 0 Å². The Kier molecular flexibility index (Phi) is 4.88. The molecular formula is C27H22Cl2O3. The van der Waals surface area contributed by atoms with Gasteiger partial charge in [-0.15, -0.1) is 23.2 Å². The molecule has 0 bridgehead atoms. The van der Waals surface area contributed by atoms with Crippen LogP contribution in [0.4, 0.5) is 0 Å². The SMILES string of the molecule is COc1ccc2ccccc2c1-c1c(OC(=O)[C@]2(C)[C@@H](C)C2(Cl)Cl)ccc2ccccc12. The molecule has 0 saturated heterocycles. The fourth-order valence-corrected chi connectivity index (χ4v) is 5.34. The van der Waals surface area contributed by atoms with Crippen molar-refractivity contribution in [1.82, 2.24) is 0 Å². The second-order valence-corrected chi connectivity index (χ2v) is 9.85. The first-order valence-corrected chi connectivity index (χ1v) is 11.2. The maximum Gasteiger partial charge on any atom is 0.320 e. The number of fused-ring (bicyclic) bond motifs is 2. The molecule has 0 radical (unpaired) electrons. The largest absolute Gasteiger partial charge is 0.496 e. The van der Waals surface area contributed by atoms with Crippen LogP contribution in [0.25, 0.3) is 32.7 Å². The normalized spacial score (nSPS) is 21.5. The number of methoxy groups -OCH3 is 1. The quantitative estimate of drug-likeness (QED) is 0.179. The molecule has 4 aromatic carbocycles. The summed E-state index contributed by atoms with van der Waals surface area (Å²) < 4.78 is 10.6. The molecular weight excluding hydrogens is 443 g/mol. The van der Waals surface area contributed by atoms with Crippen LogP contribution >= 0.6 is 23.2 Å². The predicted octanol–water partition coefficient (Wildman–Crippen LogP) is 7.40. The summed E-state index contributed by atoms with van der Waals surface area (Å²) in [7, 11) is 1.65. The number of rotatable bonds is 4. The lowest BCUT2D eigenvalue weighted by Crippen LogP contribution is -2.24. The van der Waals surface area contributed by atoms with Gasteiger partial charge in [-0.3, -0.25) is 4.79 Å². The Balaban J connectivity index is 1.77. The molecule has 0 amide bonds. The van der Waals surface area contributed by atoms with Crippen molar-refractivity contribution in [3.63, 3.8) is 0 Å². The molecule has 5 rings (SSSR count). The Morgan fingerprint density at radius 1 is 0.812 bits per heavy atom. The molecule has 0 N–H and O–H groups in total. The minimum atomic E-state index is -1.14. The summed E-state index contributed by atoms with van der Waals surface area (Å²) in [5, 5.41) is 4.07. The molecule has 162 valence electrons. The van der Waals surface area contributed by atoms with E-state index in [-0.39, 0.29) is 5.92 Å². The summed E-state index contributed by atoms with van der Waals surface area (Å²) in [6.45, 7) is 3.61. The number of carbonyl (C=O) groups excluding carboxylic acids is 1. The summed E-state index contributed by atoms with van der Waals surface area (Å²) in [6.07, 6.45) is 0. The lowest BCUT2D eigenvalue weighted by molar-refractivity contribution is -0.140. The number of ether oxygens (including phenoxy) is 2. The topological polar surface area (TPSA) is 35.5 Å². The number of alkyl halides is 2. The first-order valence-electron chi connectivity index (χ1n) is 10.5. The standard InChI is InChI=1S/C27H22Cl2O3/c1-16-26(2,27(16,28)29)25(30)32-22-15-13-18-9-5-7-11-20(18)24(22)23-19-10-6-4-8-17(19)12-14-21(23)31-3/h4-16H,1-3H3/t16-,26+/m1/s1. The fourth-order valence-electron chi connectivity index (χ4n) is 4.53. The van der Waals surface area contributed by atoms with E-state index in [1.807, 2.05) is 73.7 Å². The van der Waals surface area contributed by atoms with Crippen LogP contribution in [-0.4, -0.2) is 17.4 Å². The molecule has 0 heterocycles. The Morgan fingerprint density at radius 3 is 1.78 bits per heavy atom. The molecule has 1 fully saturated rings. The molecule has 0 aromatic heterocycles. The third kappa shape index (κ3) is 2.92. The third-order valence-corrected chi connectivity index (χ3v) is 8.34. The molecule has 2 atom stereocenters. The van der Waals surface area contributed by atoms with Crippen LogP contribution in [0.1, 0.15) is 13.8 Å².